The Bertz CT molecular complexity index is 937. The highest BCUT2D eigenvalue weighted by Crippen LogP contribution is 2.29. The van der Waals surface area contributed by atoms with E-state index in [-0.39, 0.29) is 11.7 Å². The van der Waals surface area contributed by atoms with E-state index in [1.807, 2.05) is 51.1 Å². The second-order valence-corrected chi connectivity index (χ2v) is 7.04. The summed E-state index contributed by atoms with van der Waals surface area (Å²) in [5.74, 6) is 0.583. The molecule has 0 unspecified atom stereocenters. The van der Waals surface area contributed by atoms with E-state index in [1.54, 1.807) is 12.1 Å². The highest BCUT2D eigenvalue weighted by Gasteiger charge is 2.16. The SMILES string of the molecule is Cc1cc(C)c(NC(=O)c2ccc(-c3ccc(Br)cc3C)o2)c(N)c1. The van der Waals surface area contributed by atoms with Gasteiger partial charge in [0.15, 0.2) is 5.76 Å². The van der Waals surface area contributed by atoms with Gasteiger partial charge in [0, 0.05) is 10.0 Å². The molecule has 0 aliphatic carbocycles. The van der Waals surface area contributed by atoms with Crippen molar-refractivity contribution in [3.8, 4) is 11.3 Å². The van der Waals surface area contributed by atoms with Crippen LogP contribution in [0.1, 0.15) is 27.2 Å². The van der Waals surface area contributed by atoms with Crippen molar-refractivity contribution < 1.29 is 9.21 Å². The minimum absolute atomic E-state index is 0.247. The summed E-state index contributed by atoms with van der Waals surface area (Å²) in [5.41, 5.74) is 11.2. The highest BCUT2D eigenvalue weighted by molar-refractivity contribution is 9.10. The van der Waals surface area contributed by atoms with Crippen molar-refractivity contribution in [1.29, 1.82) is 0 Å². The lowest BCUT2D eigenvalue weighted by Crippen LogP contribution is -2.13. The Kier molecular flexibility index (Phi) is 4.68. The molecule has 0 saturated heterocycles. The zero-order valence-corrected chi connectivity index (χ0v) is 15.9. The Morgan fingerprint density at radius 3 is 2.48 bits per heavy atom. The maximum Gasteiger partial charge on any atom is 0.291 e. The molecule has 128 valence electrons. The minimum atomic E-state index is -0.320. The molecular weight excluding hydrogens is 380 g/mol. The van der Waals surface area contributed by atoms with Crippen molar-refractivity contribution in [1.82, 2.24) is 0 Å². The molecule has 0 bridgehead atoms. The van der Waals surface area contributed by atoms with Crippen LogP contribution < -0.4 is 11.1 Å². The first-order valence-corrected chi connectivity index (χ1v) is 8.69. The Morgan fingerprint density at radius 1 is 1.04 bits per heavy atom. The van der Waals surface area contributed by atoms with E-state index in [0.717, 1.165) is 26.7 Å². The van der Waals surface area contributed by atoms with E-state index in [1.165, 1.54) is 0 Å². The number of benzene rings is 2. The highest BCUT2D eigenvalue weighted by atomic mass is 79.9. The van der Waals surface area contributed by atoms with Gasteiger partial charge in [-0.2, -0.15) is 0 Å². The summed E-state index contributed by atoms with van der Waals surface area (Å²) in [6.45, 7) is 5.88. The minimum Gasteiger partial charge on any atom is -0.451 e. The Morgan fingerprint density at radius 2 is 1.80 bits per heavy atom. The smallest absolute Gasteiger partial charge is 0.291 e. The van der Waals surface area contributed by atoms with Gasteiger partial charge in [-0.15, -0.1) is 0 Å². The summed E-state index contributed by atoms with van der Waals surface area (Å²) in [7, 11) is 0. The normalized spacial score (nSPS) is 10.7. The Balaban J connectivity index is 1.86. The second-order valence-electron chi connectivity index (χ2n) is 6.12. The monoisotopic (exact) mass is 398 g/mol. The fourth-order valence-corrected chi connectivity index (χ4v) is 3.33. The largest absolute Gasteiger partial charge is 0.451 e. The summed E-state index contributed by atoms with van der Waals surface area (Å²) >= 11 is 3.45. The van der Waals surface area contributed by atoms with Crippen LogP contribution >= 0.6 is 15.9 Å². The molecule has 3 aromatic rings. The summed E-state index contributed by atoms with van der Waals surface area (Å²) < 4.78 is 6.76. The number of anilines is 2. The number of carbonyl (C=O) groups excluding carboxylic acids is 1. The van der Waals surface area contributed by atoms with Gasteiger partial charge >= 0.3 is 0 Å². The number of carbonyl (C=O) groups is 1. The molecule has 0 atom stereocenters. The van der Waals surface area contributed by atoms with Gasteiger partial charge in [-0.3, -0.25) is 4.79 Å². The van der Waals surface area contributed by atoms with Crippen LogP contribution in [-0.4, -0.2) is 5.91 Å². The van der Waals surface area contributed by atoms with Crippen LogP contribution in [0.5, 0.6) is 0 Å². The van der Waals surface area contributed by atoms with Gasteiger partial charge in [-0.1, -0.05) is 22.0 Å². The average molecular weight is 399 g/mol. The third-order valence-corrected chi connectivity index (χ3v) is 4.53. The lowest BCUT2D eigenvalue weighted by molar-refractivity contribution is 0.0997. The van der Waals surface area contributed by atoms with Crippen molar-refractivity contribution in [3.05, 3.63) is 69.4 Å². The molecule has 25 heavy (non-hydrogen) atoms. The first-order valence-electron chi connectivity index (χ1n) is 7.89. The molecule has 3 N–H and O–H groups in total. The number of hydrogen-bond acceptors (Lipinski definition) is 3. The lowest BCUT2D eigenvalue weighted by Gasteiger charge is -2.11. The summed E-state index contributed by atoms with van der Waals surface area (Å²) in [6, 6.07) is 13.2. The predicted octanol–water partition coefficient (Wildman–Crippen LogP) is 5.47. The number of hydrogen-bond donors (Lipinski definition) is 2. The third-order valence-electron chi connectivity index (χ3n) is 4.03. The molecule has 0 radical (unpaired) electrons. The van der Waals surface area contributed by atoms with Crippen LogP contribution in [0, 0.1) is 20.8 Å². The van der Waals surface area contributed by atoms with Gasteiger partial charge in [-0.25, -0.2) is 0 Å². The molecule has 3 rings (SSSR count). The first-order chi connectivity index (χ1) is 11.8. The Labute approximate surface area is 155 Å². The molecule has 0 saturated carbocycles. The van der Waals surface area contributed by atoms with Crippen LogP contribution in [0.25, 0.3) is 11.3 Å². The predicted molar refractivity (Wildman–Crippen MR) is 105 cm³/mol. The molecule has 1 amide bonds. The van der Waals surface area contributed by atoms with Gasteiger partial charge in [-0.05, 0) is 73.9 Å². The Hall–Kier alpha value is -2.53. The topological polar surface area (TPSA) is 68.3 Å². The van der Waals surface area contributed by atoms with E-state index in [4.69, 9.17) is 10.2 Å². The van der Waals surface area contributed by atoms with Crippen molar-refractivity contribution in [3.63, 3.8) is 0 Å². The number of aryl methyl sites for hydroxylation is 3. The number of nitrogens with one attached hydrogen (secondary N) is 1. The fraction of sp³-hybridized carbons (Fsp3) is 0.150. The molecule has 2 aromatic carbocycles. The van der Waals surface area contributed by atoms with E-state index in [0.29, 0.717) is 17.1 Å². The van der Waals surface area contributed by atoms with E-state index >= 15 is 0 Å². The molecule has 5 heteroatoms. The summed E-state index contributed by atoms with van der Waals surface area (Å²) in [5, 5.41) is 2.85. The molecule has 1 aromatic heterocycles. The van der Waals surface area contributed by atoms with Gasteiger partial charge in [0.05, 0.1) is 11.4 Å². The number of rotatable bonds is 3. The van der Waals surface area contributed by atoms with Crippen LogP contribution in [0.2, 0.25) is 0 Å². The molecular formula is C20H19BrN2O2. The summed E-state index contributed by atoms with van der Waals surface area (Å²) in [6.07, 6.45) is 0. The van der Waals surface area contributed by atoms with Crippen LogP contribution in [0.15, 0.2) is 51.4 Å². The van der Waals surface area contributed by atoms with Crippen LogP contribution in [-0.2, 0) is 0 Å². The molecule has 1 heterocycles. The van der Waals surface area contributed by atoms with Crippen molar-refractivity contribution in [2.24, 2.45) is 0 Å². The van der Waals surface area contributed by atoms with Crippen molar-refractivity contribution in [2.75, 3.05) is 11.1 Å². The molecule has 0 fully saturated rings. The molecule has 4 nitrogen and oxygen atoms in total. The number of furan rings is 1. The quantitative estimate of drug-likeness (QED) is 0.574. The van der Waals surface area contributed by atoms with Gasteiger partial charge in [0.1, 0.15) is 5.76 Å². The van der Waals surface area contributed by atoms with Gasteiger partial charge in [0.25, 0.3) is 5.91 Å². The zero-order valence-electron chi connectivity index (χ0n) is 14.3. The second kappa shape index (κ2) is 6.76. The van der Waals surface area contributed by atoms with Gasteiger partial charge in [0.2, 0.25) is 0 Å². The third kappa shape index (κ3) is 3.61. The zero-order chi connectivity index (χ0) is 18.1. The lowest BCUT2D eigenvalue weighted by atomic mass is 10.1. The number of halogens is 1. The standard InChI is InChI=1S/C20H19BrN2O2/c1-11-8-13(3)19(16(22)9-11)23-20(24)18-7-6-17(25-18)15-5-4-14(21)10-12(15)2/h4-10H,22H2,1-3H3,(H,23,24). The molecule has 0 aliphatic rings. The van der Waals surface area contributed by atoms with Crippen LogP contribution in [0.3, 0.4) is 0 Å². The van der Waals surface area contributed by atoms with E-state index < -0.39 is 0 Å². The molecule has 0 aliphatic heterocycles. The molecule has 0 spiro atoms. The summed E-state index contributed by atoms with van der Waals surface area (Å²) in [4.78, 5) is 12.5. The number of amides is 1. The van der Waals surface area contributed by atoms with Crippen LogP contribution in [0.4, 0.5) is 11.4 Å². The maximum atomic E-state index is 12.5. The van der Waals surface area contributed by atoms with Gasteiger partial charge < -0.3 is 15.5 Å². The van der Waals surface area contributed by atoms with Crippen molar-refractivity contribution in [2.45, 2.75) is 20.8 Å². The van der Waals surface area contributed by atoms with E-state index in [9.17, 15) is 4.79 Å². The maximum absolute atomic E-state index is 12.5. The number of nitrogens with two attached hydrogens (primary N) is 1. The van der Waals surface area contributed by atoms with E-state index in [2.05, 4.69) is 21.2 Å². The average Bonchev–Trinajstić information content (AvgIpc) is 3.00. The van der Waals surface area contributed by atoms with Crippen molar-refractivity contribution >= 4 is 33.2 Å². The fourth-order valence-electron chi connectivity index (χ4n) is 2.85. The first kappa shape index (κ1) is 17.3. The number of nitrogen functional groups attached to an aromatic ring is 1.